The van der Waals surface area contributed by atoms with Gasteiger partial charge in [-0.25, -0.2) is 0 Å². The minimum absolute atomic E-state index is 0.553. The van der Waals surface area contributed by atoms with Gasteiger partial charge < -0.3 is 0 Å². The molecule has 47 heavy (non-hydrogen) atoms. The van der Waals surface area contributed by atoms with Crippen LogP contribution >= 0.6 is 0 Å². The second-order valence-corrected chi connectivity index (χ2v) is 63.3. The zero-order chi connectivity index (χ0) is 32.9. The van der Waals surface area contributed by atoms with E-state index in [1.165, 1.54) is 76.6 Å². The van der Waals surface area contributed by atoms with Crippen LogP contribution in [0.25, 0.3) is 34.4 Å². The van der Waals surface area contributed by atoms with Gasteiger partial charge in [0.05, 0.1) is 0 Å². The fourth-order valence-corrected chi connectivity index (χ4v) is 59.9. The molecule has 0 heterocycles. The molecule has 3 aliphatic rings. The molecule has 4 aromatic carbocycles. The zero-order valence-electron chi connectivity index (χ0n) is 29.8. The molecule has 0 spiro atoms. The number of benzene rings is 4. The standard InChI is InChI=1S/2C18H17.C7H14Si.2CH3.Hf/c2*1-13(2)14-9-11-16(12-10-14)18-8-4-6-15-5-3-7-17(15)18;1-8-7-5-3-2-4-6-7;;;/h2*3-13H,1-2H3;7H,2-6H2,1H3;2*1H3;. The summed E-state index contributed by atoms with van der Waals surface area (Å²) in [6.45, 7) is 12.0. The first-order valence-corrected chi connectivity index (χ1v) is 37.2. The maximum atomic E-state index is 2.93. The summed E-state index contributed by atoms with van der Waals surface area (Å²) in [5, 5.41) is 0. The summed E-state index contributed by atoms with van der Waals surface area (Å²) in [5.41, 5.74) is 14.9. The van der Waals surface area contributed by atoms with Gasteiger partial charge in [0.2, 0.25) is 0 Å². The Morgan fingerprint density at radius 1 is 0.574 bits per heavy atom. The summed E-state index contributed by atoms with van der Waals surface area (Å²) < 4.78 is 7.02. The van der Waals surface area contributed by atoms with Crippen molar-refractivity contribution in [1.29, 1.82) is 0 Å². The van der Waals surface area contributed by atoms with Crippen LogP contribution in [-0.4, -0.2) is 5.49 Å². The molecule has 1 fully saturated rings. The van der Waals surface area contributed by atoms with Gasteiger partial charge in [-0.1, -0.05) is 0 Å². The van der Waals surface area contributed by atoms with Crippen LogP contribution in [0.3, 0.4) is 0 Å². The molecule has 4 aromatic rings. The van der Waals surface area contributed by atoms with E-state index < -0.39 is 22.6 Å². The van der Waals surface area contributed by atoms with Crippen molar-refractivity contribution >= 4 is 17.6 Å². The number of fused-ring (bicyclic) bond motifs is 2. The first-order valence-electron chi connectivity index (χ1n) is 18.4. The third-order valence-electron chi connectivity index (χ3n) is 13.0. The topological polar surface area (TPSA) is 0 Å². The average molecular weight is 802 g/mol. The van der Waals surface area contributed by atoms with Gasteiger partial charge in [-0.3, -0.25) is 0 Å². The van der Waals surface area contributed by atoms with Crippen LogP contribution in [0.1, 0.15) is 112 Å². The van der Waals surface area contributed by atoms with Crippen LogP contribution in [0, 0.1) is 0 Å². The molecule has 0 bridgehead atoms. The van der Waals surface area contributed by atoms with Gasteiger partial charge >= 0.3 is 288 Å². The van der Waals surface area contributed by atoms with Crippen LogP contribution in [0.2, 0.25) is 21.4 Å². The predicted molar refractivity (Wildman–Crippen MR) is 206 cm³/mol. The van der Waals surface area contributed by atoms with Crippen molar-refractivity contribution in [2.75, 3.05) is 0 Å². The Hall–Kier alpha value is -2.55. The van der Waals surface area contributed by atoms with Crippen molar-refractivity contribution in [3.63, 3.8) is 0 Å². The number of rotatable bonds is 7. The number of hydrogen-bond donors (Lipinski definition) is 0. The molecular weight excluding hydrogens is 747 g/mol. The van der Waals surface area contributed by atoms with E-state index in [4.69, 9.17) is 0 Å². The van der Waals surface area contributed by atoms with Gasteiger partial charge in [0.1, 0.15) is 0 Å². The molecule has 0 saturated heterocycles. The Labute approximate surface area is 286 Å². The van der Waals surface area contributed by atoms with Crippen molar-refractivity contribution in [3.8, 4) is 22.3 Å². The molecule has 2 atom stereocenters. The Kier molecular flexibility index (Phi) is 8.92. The Morgan fingerprint density at radius 3 is 1.40 bits per heavy atom. The van der Waals surface area contributed by atoms with E-state index in [2.05, 4.69) is 153 Å². The molecule has 1 saturated carbocycles. The van der Waals surface area contributed by atoms with Gasteiger partial charge in [0.25, 0.3) is 0 Å². The zero-order valence-corrected chi connectivity index (χ0v) is 34.4. The van der Waals surface area contributed by atoms with E-state index >= 15 is 0 Å². The van der Waals surface area contributed by atoms with Crippen LogP contribution in [0.5, 0.6) is 0 Å². The van der Waals surface area contributed by atoms with Gasteiger partial charge in [-0.15, -0.1) is 0 Å². The normalized spacial score (nSPS) is 19.4. The fraction of sp³-hybridized carbons (Fsp3) is 0.378. The molecule has 3 aliphatic carbocycles. The molecule has 0 amide bonds. The summed E-state index contributed by atoms with van der Waals surface area (Å²) in [5.74, 6) is 1.11. The van der Waals surface area contributed by atoms with E-state index in [9.17, 15) is 0 Å². The average Bonchev–Trinajstić information content (AvgIpc) is 3.75. The van der Waals surface area contributed by atoms with Crippen LogP contribution < -0.4 is 0 Å². The number of allylic oxidation sites excluding steroid dienone is 2. The first-order chi connectivity index (χ1) is 22.6. The molecule has 0 aromatic heterocycles. The second kappa shape index (κ2) is 12.7. The van der Waals surface area contributed by atoms with Crippen molar-refractivity contribution in [2.24, 2.45) is 0 Å². The van der Waals surface area contributed by atoms with Crippen LogP contribution in [-0.2, 0) is 17.1 Å². The SMILES string of the molecule is CC(C)c1ccc(-c2cccc3c2C=C[CH]3[Hf]([CH3])([CH3])([CH]2C=Cc3c(-c4ccc(C(C)C)cc4)cccc32)=[Si](C)C2CCCCC2)cc1. The van der Waals surface area contributed by atoms with Gasteiger partial charge in [0, 0.05) is 0 Å². The molecule has 2 heteroatoms. The molecule has 242 valence electrons. The van der Waals surface area contributed by atoms with E-state index in [1.54, 1.807) is 11.1 Å². The second-order valence-electron chi connectivity index (χ2n) is 16.5. The molecule has 0 radical (unpaired) electrons. The van der Waals surface area contributed by atoms with Crippen molar-refractivity contribution in [1.82, 2.24) is 0 Å². The summed E-state index contributed by atoms with van der Waals surface area (Å²) in [6, 6.07) is 33.3. The molecule has 0 N–H and O–H groups in total. The third-order valence-corrected chi connectivity index (χ3v) is 71.0. The van der Waals surface area contributed by atoms with Crippen LogP contribution in [0.15, 0.2) is 97.1 Å². The molecule has 7 rings (SSSR count). The summed E-state index contributed by atoms with van der Waals surface area (Å²) in [6.07, 6.45) is 17.7. The van der Waals surface area contributed by atoms with Crippen molar-refractivity contribution < 1.29 is 17.1 Å². The monoisotopic (exact) mass is 802 g/mol. The van der Waals surface area contributed by atoms with Crippen molar-refractivity contribution in [3.05, 3.63) is 130 Å². The molecule has 2 unspecified atom stereocenters. The van der Waals surface area contributed by atoms with Crippen LogP contribution in [0.4, 0.5) is 0 Å². The van der Waals surface area contributed by atoms with E-state index in [1.807, 2.05) is 0 Å². The van der Waals surface area contributed by atoms with E-state index in [0.717, 1.165) is 5.54 Å². The van der Waals surface area contributed by atoms with Gasteiger partial charge in [-0.05, 0) is 0 Å². The Bertz CT molecular complexity index is 1800. The fourth-order valence-electron chi connectivity index (χ4n) is 9.68. The summed E-state index contributed by atoms with van der Waals surface area (Å²) >= 11 is -3.90. The van der Waals surface area contributed by atoms with Crippen molar-refractivity contribution in [2.45, 2.75) is 100 Å². The van der Waals surface area contributed by atoms with E-state index in [0.29, 0.717) is 19.2 Å². The minimum atomic E-state index is -3.90. The summed E-state index contributed by atoms with van der Waals surface area (Å²) in [4.78, 5) is 0. The quantitative estimate of drug-likeness (QED) is 0.163. The van der Waals surface area contributed by atoms with Gasteiger partial charge in [-0.2, -0.15) is 0 Å². The van der Waals surface area contributed by atoms with Gasteiger partial charge in [0.15, 0.2) is 0 Å². The predicted octanol–water partition coefficient (Wildman–Crippen LogP) is 13.8. The third kappa shape index (κ3) is 5.60. The number of hydrogen-bond acceptors (Lipinski definition) is 0. The molecule has 0 aliphatic heterocycles. The Morgan fingerprint density at radius 2 is 1.00 bits per heavy atom. The Balaban J connectivity index is 1.38. The summed E-state index contributed by atoms with van der Waals surface area (Å²) in [7, 11) is 0. The maximum absolute atomic E-state index is 3.90. The molecular formula is C45H54HfSi. The first kappa shape index (κ1) is 33.0. The molecule has 0 nitrogen and oxygen atoms in total. The van der Waals surface area contributed by atoms with E-state index in [-0.39, 0.29) is 0 Å².